The number of halogens is 6. The number of esters is 1. The highest BCUT2D eigenvalue weighted by molar-refractivity contribution is 5.93. The van der Waals surface area contributed by atoms with Crippen molar-refractivity contribution in [1.29, 1.82) is 0 Å². The fourth-order valence-corrected chi connectivity index (χ4v) is 5.69. The Hall–Kier alpha value is -5.13. The van der Waals surface area contributed by atoms with Crippen LogP contribution < -0.4 is 19.7 Å². The normalized spacial score (nSPS) is 16.9. The number of benzene rings is 4. The summed E-state index contributed by atoms with van der Waals surface area (Å²) < 4.78 is 99.6. The molecule has 0 saturated carbocycles. The molecule has 47 heavy (non-hydrogen) atoms. The molecule has 4 aromatic carbocycles. The van der Waals surface area contributed by atoms with Gasteiger partial charge in [0.15, 0.2) is 0 Å². The lowest BCUT2D eigenvalue weighted by Gasteiger charge is -2.46. The molecule has 0 spiro atoms. The predicted molar refractivity (Wildman–Crippen MR) is 164 cm³/mol. The summed E-state index contributed by atoms with van der Waals surface area (Å²) in [6, 6.07) is 20.3. The lowest BCUT2D eigenvalue weighted by atomic mass is 9.83. The predicted octanol–water partition coefficient (Wildman–Crippen LogP) is 8.97. The number of anilines is 2. The van der Waals surface area contributed by atoms with Crippen LogP contribution in [0.1, 0.15) is 40.8 Å². The maximum atomic E-state index is 14.0. The van der Waals surface area contributed by atoms with Crippen molar-refractivity contribution in [2.24, 2.45) is 0 Å². The van der Waals surface area contributed by atoms with Crippen molar-refractivity contribution in [3.05, 3.63) is 131 Å². The Balaban J connectivity index is 1.81. The summed E-state index contributed by atoms with van der Waals surface area (Å²) in [4.78, 5) is 15.3. The van der Waals surface area contributed by atoms with E-state index in [1.54, 1.807) is 53.4 Å². The zero-order valence-electron chi connectivity index (χ0n) is 25.4. The lowest BCUT2D eigenvalue weighted by Crippen LogP contribution is -2.41. The highest BCUT2D eigenvalue weighted by Gasteiger charge is 2.43. The van der Waals surface area contributed by atoms with Crippen LogP contribution in [0.4, 0.5) is 37.7 Å². The van der Waals surface area contributed by atoms with E-state index in [0.29, 0.717) is 22.9 Å². The number of nitrogens with zero attached hydrogens (tertiary/aromatic N) is 1. The van der Waals surface area contributed by atoms with Crippen LogP contribution in [0.2, 0.25) is 0 Å². The molecule has 0 radical (unpaired) electrons. The maximum Gasteiger partial charge on any atom is 0.416 e. The number of hydrogen-bond donors (Lipinski definition) is 1. The smallest absolute Gasteiger partial charge is 0.416 e. The van der Waals surface area contributed by atoms with E-state index in [0.717, 1.165) is 31.4 Å². The number of alkyl halides is 6. The van der Waals surface area contributed by atoms with Crippen molar-refractivity contribution in [3.63, 3.8) is 0 Å². The van der Waals surface area contributed by atoms with Crippen molar-refractivity contribution < 1.29 is 45.3 Å². The van der Waals surface area contributed by atoms with Crippen molar-refractivity contribution in [1.82, 2.24) is 0 Å². The molecule has 1 aliphatic heterocycles. The van der Waals surface area contributed by atoms with Crippen LogP contribution in [-0.2, 0) is 21.9 Å². The standard InChI is InChI=1S/C35H30F6N2O4/c1-45-27-14-10-25(11-15-27)42-29-20-30(21-6-4-8-23(18-21)34(36,37)38)43(26-12-16-28(46-2)17-13-26)32(31(29)33(44)47-3)22-7-5-9-24(19-22)35(39,40)41/h4-19,30,32,42H,20H2,1-3H3. The fourth-order valence-electron chi connectivity index (χ4n) is 5.69. The number of methoxy groups -OCH3 is 3. The summed E-state index contributed by atoms with van der Waals surface area (Å²) in [7, 11) is 4.11. The number of rotatable bonds is 8. The zero-order chi connectivity index (χ0) is 33.9. The second-order valence-electron chi connectivity index (χ2n) is 10.7. The van der Waals surface area contributed by atoms with E-state index >= 15 is 0 Å². The van der Waals surface area contributed by atoms with Crippen molar-refractivity contribution >= 4 is 17.3 Å². The third-order valence-corrected chi connectivity index (χ3v) is 7.90. The highest BCUT2D eigenvalue weighted by atomic mass is 19.4. The minimum absolute atomic E-state index is 0.0123. The van der Waals surface area contributed by atoms with E-state index in [-0.39, 0.29) is 28.8 Å². The minimum atomic E-state index is -4.71. The number of carbonyl (C=O) groups excluding carboxylic acids is 1. The molecule has 2 unspecified atom stereocenters. The molecule has 0 bridgehead atoms. The van der Waals surface area contributed by atoms with Gasteiger partial charge >= 0.3 is 18.3 Å². The molecule has 12 heteroatoms. The van der Waals surface area contributed by atoms with Gasteiger partial charge in [-0.3, -0.25) is 0 Å². The van der Waals surface area contributed by atoms with Gasteiger partial charge in [-0.2, -0.15) is 26.3 Å². The molecule has 1 heterocycles. The Bertz CT molecular complexity index is 1750. The van der Waals surface area contributed by atoms with Gasteiger partial charge in [-0.05, 0) is 83.9 Å². The van der Waals surface area contributed by atoms with Gasteiger partial charge in [0, 0.05) is 23.5 Å². The van der Waals surface area contributed by atoms with Gasteiger partial charge in [0.2, 0.25) is 0 Å². The van der Waals surface area contributed by atoms with E-state index in [9.17, 15) is 31.1 Å². The van der Waals surface area contributed by atoms with Crippen molar-refractivity contribution in [3.8, 4) is 11.5 Å². The second-order valence-corrected chi connectivity index (χ2v) is 10.7. The molecule has 5 rings (SSSR count). The van der Waals surface area contributed by atoms with Gasteiger partial charge in [-0.15, -0.1) is 0 Å². The molecule has 246 valence electrons. The average Bonchev–Trinajstić information content (AvgIpc) is 3.07. The van der Waals surface area contributed by atoms with E-state index < -0.39 is 41.5 Å². The molecule has 0 aromatic heterocycles. The van der Waals surface area contributed by atoms with E-state index in [1.807, 2.05) is 0 Å². The molecule has 2 atom stereocenters. The first-order valence-corrected chi connectivity index (χ1v) is 14.3. The van der Waals surface area contributed by atoms with Crippen molar-refractivity contribution in [2.75, 3.05) is 31.5 Å². The largest absolute Gasteiger partial charge is 0.497 e. The number of carbonyl (C=O) groups is 1. The summed E-state index contributed by atoms with van der Waals surface area (Å²) >= 11 is 0. The number of hydrogen-bond acceptors (Lipinski definition) is 6. The molecule has 0 saturated heterocycles. The summed E-state index contributed by atoms with van der Waals surface area (Å²) in [5.74, 6) is 0.197. The van der Waals surface area contributed by atoms with E-state index in [4.69, 9.17) is 14.2 Å². The van der Waals surface area contributed by atoms with Gasteiger partial charge in [0.25, 0.3) is 0 Å². The molecule has 1 N–H and O–H groups in total. The summed E-state index contributed by atoms with van der Waals surface area (Å²) in [6.45, 7) is 0. The Kier molecular flexibility index (Phi) is 9.41. The van der Waals surface area contributed by atoms with Gasteiger partial charge < -0.3 is 24.4 Å². The van der Waals surface area contributed by atoms with Gasteiger partial charge in [0.1, 0.15) is 11.5 Å². The van der Waals surface area contributed by atoms with E-state index in [2.05, 4.69) is 5.32 Å². The molecular weight excluding hydrogens is 626 g/mol. The Labute approximate surface area is 267 Å². The third kappa shape index (κ3) is 7.16. The molecule has 0 fully saturated rings. The zero-order valence-corrected chi connectivity index (χ0v) is 25.4. The third-order valence-electron chi connectivity index (χ3n) is 7.90. The Morgan fingerprint density at radius 2 is 1.23 bits per heavy atom. The first-order valence-electron chi connectivity index (χ1n) is 14.3. The van der Waals surface area contributed by atoms with Crippen LogP contribution in [0, 0.1) is 0 Å². The van der Waals surface area contributed by atoms with Gasteiger partial charge in [-0.1, -0.05) is 24.3 Å². The van der Waals surface area contributed by atoms with Crippen LogP contribution in [-0.4, -0.2) is 27.3 Å². The fraction of sp³-hybridized carbons (Fsp3) is 0.229. The SMILES string of the molecule is COC(=O)C1=C(Nc2ccc(OC)cc2)CC(c2cccc(C(F)(F)F)c2)N(c2ccc(OC)cc2)C1c1cccc(C(F)(F)F)c1. The number of ether oxygens (including phenoxy) is 3. The van der Waals surface area contributed by atoms with Gasteiger partial charge in [-0.25, -0.2) is 4.79 Å². The van der Waals surface area contributed by atoms with Crippen molar-refractivity contribution in [2.45, 2.75) is 30.9 Å². The highest BCUT2D eigenvalue weighted by Crippen LogP contribution is 2.49. The molecule has 1 aliphatic rings. The minimum Gasteiger partial charge on any atom is -0.497 e. The maximum absolute atomic E-state index is 14.0. The van der Waals surface area contributed by atoms with Crippen LogP contribution in [0.25, 0.3) is 0 Å². The van der Waals surface area contributed by atoms with Crippen LogP contribution in [0.5, 0.6) is 11.5 Å². The average molecular weight is 657 g/mol. The first kappa shape index (κ1) is 33.2. The first-order chi connectivity index (χ1) is 22.3. The summed E-state index contributed by atoms with van der Waals surface area (Å²) in [5.41, 5.74) is -0.385. The molecular formula is C35H30F6N2O4. The summed E-state index contributed by atoms with van der Waals surface area (Å²) in [6.07, 6.45) is -9.41. The Morgan fingerprint density at radius 1 is 0.723 bits per heavy atom. The topological polar surface area (TPSA) is 60.0 Å². The summed E-state index contributed by atoms with van der Waals surface area (Å²) in [5, 5.41) is 3.21. The molecule has 0 aliphatic carbocycles. The second kappa shape index (κ2) is 13.3. The van der Waals surface area contributed by atoms with Crippen LogP contribution >= 0.6 is 0 Å². The number of nitrogens with one attached hydrogen (secondary N) is 1. The quantitative estimate of drug-likeness (QED) is 0.151. The monoisotopic (exact) mass is 656 g/mol. The molecule has 0 amide bonds. The lowest BCUT2D eigenvalue weighted by molar-refractivity contribution is -0.138. The Morgan fingerprint density at radius 3 is 1.74 bits per heavy atom. The van der Waals surface area contributed by atoms with Crippen LogP contribution in [0.3, 0.4) is 0 Å². The molecule has 6 nitrogen and oxygen atoms in total. The van der Waals surface area contributed by atoms with Crippen LogP contribution in [0.15, 0.2) is 108 Å². The van der Waals surface area contributed by atoms with Gasteiger partial charge in [0.05, 0.1) is 50.1 Å². The van der Waals surface area contributed by atoms with E-state index in [1.165, 1.54) is 38.5 Å². The molecule has 4 aromatic rings.